The number of rotatable bonds is 14. The third-order valence-electron chi connectivity index (χ3n) is 7.24. The largest absolute Gasteiger partial charge is 0.503 e. The molecule has 5 rings (SSSR count). The van der Waals surface area contributed by atoms with E-state index in [1.807, 2.05) is 20.8 Å². The van der Waals surface area contributed by atoms with Crippen molar-refractivity contribution in [2.24, 2.45) is 0 Å². The van der Waals surface area contributed by atoms with E-state index >= 15 is 0 Å². The fourth-order valence-corrected chi connectivity index (χ4v) is 7.72. The van der Waals surface area contributed by atoms with E-state index in [-0.39, 0.29) is 10.7 Å². The number of Topliss-reactive ketones (excluding diaryl/α,β-unsaturated/α-hetero) is 1. The van der Waals surface area contributed by atoms with E-state index < -0.39 is 23.5 Å². The number of thioether (sulfide) groups is 1. The molecule has 1 N–H and O–H groups in total. The van der Waals surface area contributed by atoms with Gasteiger partial charge in [-0.05, 0) is 57.4 Å². The number of carbonyl (C=O) groups is 2. The third kappa shape index (κ3) is 7.23. The lowest BCUT2D eigenvalue weighted by atomic mass is 9.95. The van der Waals surface area contributed by atoms with Gasteiger partial charge in [0.1, 0.15) is 0 Å². The lowest BCUT2D eigenvalue weighted by molar-refractivity contribution is -0.117. The Morgan fingerprint density at radius 2 is 1.78 bits per heavy atom. The molecule has 2 aromatic heterocycles. The summed E-state index contributed by atoms with van der Waals surface area (Å²) >= 11 is 3.98. The lowest BCUT2D eigenvalue weighted by Crippen LogP contribution is -2.31. The minimum Gasteiger partial charge on any atom is -0.503 e. The number of aryl methyl sites for hydroxylation is 3. The molecule has 1 amide bonds. The van der Waals surface area contributed by atoms with Crippen molar-refractivity contribution in [2.45, 2.75) is 70.0 Å². The average Bonchev–Trinajstić information content (AvgIpc) is 3.70. The first kappa shape index (κ1) is 32.6. The summed E-state index contributed by atoms with van der Waals surface area (Å²) < 4.78 is 12.6. The highest BCUT2D eigenvalue weighted by molar-refractivity contribution is 8.00. The van der Waals surface area contributed by atoms with Crippen LogP contribution in [0.5, 0.6) is 11.5 Å². The maximum absolute atomic E-state index is 14.0. The highest BCUT2D eigenvalue weighted by Gasteiger charge is 2.47. The number of ether oxygens (including phenoxy) is 2. The number of aliphatic hydroxyl groups is 1. The van der Waals surface area contributed by atoms with Crippen LogP contribution in [-0.2, 0) is 10.5 Å². The summed E-state index contributed by atoms with van der Waals surface area (Å²) in [5.74, 6) is -0.0284. The first-order valence-electron chi connectivity index (χ1n) is 14.9. The van der Waals surface area contributed by atoms with E-state index in [0.29, 0.717) is 50.9 Å². The standard InChI is InChI=1S/C33H36N4O5S3/c1-6-8-9-16-42-24-15-14-23(17-25(24)41-7-2)27-26(28(38)30-20(4)34-21(5)44-30)29(39)31(40)37(27)32-35-36-33(45-32)43-18-22-12-10-19(3)11-13-22/h10-15,17,27,39H,6-9,16,18H2,1-5H3. The summed E-state index contributed by atoms with van der Waals surface area (Å²) in [7, 11) is 0. The van der Waals surface area contributed by atoms with Gasteiger partial charge < -0.3 is 14.6 Å². The molecule has 3 heterocycles. The molecule has 0 saturated carbocycles. The number of aromatic nitrogens is 3. The Bertz CT molecular complexity index is 1710. The quantitative estimate of drug-likeness (QED) is 0.0620. The van der Waals surface area contributed by atoms with Crippen LogP contribution >= 0.6 is 34.4 Å². The number of aliphatic hydroxyl groups excluding tert-OH is 1. The molecule has 1 atom stereocenters. The van der Waals surface area contributed by atoms with Gasteiger partial charge in [-0.3, -0.25) is 14.5 Å². The van der Waals surface area contributed by atoms with Crippen LogP contribution in [0.4, 0.5) is 5.13 Å². The SMILES string of the molecule is CCCCCOc1ccc(C2C(C(=O)c3sc(C)nc3C)=C(O)C(=O)N2c2nnc(SCc3ccc(C)cc3)s2)cc1OCC. The van der Waals surface area contributed by atoms with Gasteiger partial charge in [-0.25, -0.2) is 4.98 Å². The van der Waals surface area contributed by atoms with Crippen molar-refractivity contribution in [2.75, 3.05) is 18.1 Å². The summed E-state index contributed by atoms with van der Waals surface area (Å²) in [5, 5.41) is 21.0. The molecule has 0 fully saturated rings. The Balaban J connectivity index is 1.52. The predicted molar refractivity (Wildman–Crippen MR) is 179 cm³/mol. The molecule has 0 bridgehead atoms. The number of unbranched alkanes of at least 4 members (excludes halogenated alkanes) is 2. The predicted octanol–water partition coefficient (Wildman–Crippen LogP) is 7.96. The molecule has 0 saturated heterocycles. The number of carbonyl (C=O) groups excluding carboxylic acids is 2. The molecule has 4 aromatic rings. The normalized spacial score (nSPS) is 14.8. The van der Waals surface area contributed by atoms with Gasteiger partial charge in [0.25, 0.3) is 5.91 Å². The van der Waals surface area contributed by atoms with E-state index in [2.05, 4.69) is 46.4 Å². The van der Waals surface area contributed by atoms with Crippen molar-refractivity contribution in [3.05, 3.63) is 86.1 Å². The van der Waals surface area contributed by atoms with Crippen molar-refractivity contribution in [1.29, 1.82) is 0 Å². The van der Waals surface area contributed by atoms with Crippen LogP contribution in [0.2, 0.25) is 0 Å². The van der Waals surface area contributed by atoms with Gasteiger partial charge in [0.05, 0.1) is 40.4 Å². The van der Waals surface area contributed by atoms with Crippen molar-refractivity contribution in [1.82, 2.24) is 15.2 Å². The highest BCUT2D eigenvalue weighted by atomic mass is 32.2. The van der Waals surface area contributed by atoms with Crippen molar-refractivity contribution >= 4 is 51.3 Å². The van der Waals surface area contributed by atoms with Gasteiger partial charge in [0.2, 0.25) is 10.9 Å². The van der Waals surface area contributed by atoms with E-state index in [0.717, 1.165) is 29.8 Å². The van der Waals surface area contributed by atoms with E-state index in [1.54, 1.807) is 25.1 Å². The van der Waals surface area contributed by atoms with Gasteiger partial charge >= 0.3 is 0 Å². The third-order valence-corrected chi connectivity index (χ3v) is 10.4. The second kappa shape index (κ2) is 14.6. The molecule has 0 aliphatic carbocycles. The Morgan fingerprint density at radius 1 is 1.00 bits per heavy atom. The molecule has 45 heavy (non-hydrogen) atoms. The van der Waals surface area contributed by atoms with Gasteiger partial charge in [-0.2, -0.15) is 0 Å². The summed E-state index contributed by atoms with van der Waals surface area (Å²) in [6.45, 7) is 10.6. The molecule has 2 aromatic carbocycles. The zero-order chi connectivity index (χ0) is 32.1. The molecule has 1 aliphatic heterocycles. The number of thiazole rings is 1. The Labute approximate surface area is 275 Å². The Hall–Kier alpha value is -3.74. The van der Waals surface area contributed by atoms with Gasteiger partial charge in [-0.15, -0.1) is 21.5 Å². The molecule has 9 nitrogen and oxygen atoms in total. The Morgan fingerprint density at radius 3 is 2.47 bits per heavy atom. The second-order valence-corrected chi connectivity index (χ2v) is 14.0. The van der Waals surface area contributed by atoms with Crippen LogP contribution in [0.15, 0.2) is 58.1 Å². The first-order chi connectivity index (χ1) is 21.7. The first-order valence-corrected chi connectivity index (χ1v) is 17.5. The summed E-state index contributed by atoms with van der Waals surface area (Å²) in [4.78, 5) is 33.9. The molecule has 236 valence electrons. The molecule has 1 unspecified atom stereocenters. The van der Waals surface area contributed by atoms with Crippen molar-refractivity contribution < 1.29 is 24.2 Å². The fourth-order valence-electron chi connectivity index (χ4n) is 5.02. The van der Waals surface area contributed by atoms with Crippen LogP contribution in [-0.4, -0.2) is 45.2 Å². The fraction of sp³-hybridized carbons (Fsp3) is 0.364. The minimum absolute atomic E-state index is 0.0325. The van der Waals surface area contributed by atoms with Crippen LogP contribution < -0.4 is 14.4 Å². The number of hydrogen-bond donors (Lipinski definition) is 1. The van der Waals surface area contributed by atoms with Crippen LogP contribution in [0.25, 0.3) is 0 Å². The van der Waals surface area contributed by atoms with Crippen LogP contribution in [0, 0.1) is 20.8 Å². The summed E-state index contributed by atoms with van der Waals surface area (Å²) in [5.41, 5.74) is 3.41. The number of hydrogen-bond acceptors (Lipinski definition) is 11. The minimum atomic E-state index is -0.969. The maximum Gasteiger partial charge on any atom is 0.296 e. The maximum atomic E-state index is 14.0. The lowest BCUT2D eigenvalue weighted by Gasteiger charge is -2.25. The van der Waals surface area contributed by atoms with Gasteiger partial charge in [0.15, 0.2) is 21.6 Å². The van der Waals surface area contributed by atoms with Crippen LogP contribution in [0.3, 0.4) is 0 Å². The zero-order valence-corrected chi connectivity index (χ0v) is 28.4. The van der Waals surface area contributed by atoms with Crippen molar-refractivity contribution in [3.8, 4) is 11.5 Å². The summed E-state index contributed by atoms with van der Waals surface area (Å²) in [6, 6.07) is 12.7. The molecular weight excluding hydrogens is 629 g/mol. The van der Waals surface area contributed by atoms with Gasteiger partial charge in [0, 0.05) is 5.75 Å². The number of benzene rings is 2. The smallest absolute Gasteiger partial charge is 0.296 e. The van der Waals surface area contributed by atoms with E-state index in [1.165, 1.54) is 44.9 Å². The van der Waals surface area contributed by atoms with Crippen molar-refractivity contribution in [3.63, 3.8) is 0 Å². The highest BCUT2D eigenvalue weighted by Crippen LogP contribution is 2.46. The Kier molecular flexibility index (Phi) is 10.6. The molecule has 0 spiro atoms. The number of nitrogens with zero attached hydrogens (tertiary/aromatic N) is 4. The summed E-state index contributed by atoms with van der Waals surface area (Å²) in [6.07, 6.45) is 3.05. The molecular formula is C33H36N4O5S3. The molecule has 0 radical (unpaired) electrons. The van der Waals surface area contributed by atoms with Gasteiger partial charge in [-0.1, -0.05) is 78.8 Å². The topological polar surface area (TPSA) is 115 Å². The zero-order valence-electron chi connectivity index (χ0n) is 26.0. The van der Waals surface area contributed by atoms with E-state index in [4.69, 9.17) is 9.47 Å². The number of amides is 1. The van der Waals surface area contributed by atoms with Crippen LogP contribution in [0.1, 0.15) is 76.2 Å². The molecule has 12 heteroatoms. The second-order valence-electron chi connectivity index (χ2n) is 10.6. The monoisotopic (exact) mass is 664 g/mol. The van der Waals surface area contributed by atoms with E-state index in [9.17, 15) is 14.7 Å². The number of ketones is 1. The molecule has 1 aliphatic rings. The average molecular weight is 665 g/mol. The number of anilines is 1.